The summed E-state index contributed by atoms with van der Waals surface area (Å²) in [7, 11) is 2.09. The number of aromatic nitrogens is 2. The molecule has 1 aromatic carbocycles. The summed E-state index contributed by atoms with van der Waals surface area (Å²) in [5.74, 6) is 0.0965. The van der Waals surface area contributed by atoms with Gasteiger partial charge in [0, 0.05) is 43.3 Å². The summed E-state index contributed by atoms with van der Waals surface area (Å²) < 4.78 is 14.3. The zero-order chi connectivity index (χ0) is 20.9. The number of anilines is 3. The first-order valence-corrected chi connectivity index (χ1v) is 10.2. The van der Waals surface area contributed by atoms with Gasteiger partial charge in [-0.25, -0.2) is 9.37 Å². The second-order valence-corrected chi connectivity index (χ2v) is 8.82. The Morgan fingerprint density at radius 2 is 2.07 bits per heavy atom. The molecule has 2 fully saturated rings. The maximum atomic E-state index is 14.3. The van der Waals surface area contributed by atoms with Crippen LogP contribution >= 0.6 is 0 Å². The second-order valence-electron chi connectivity index (χ2n) is 8.82. The van der Waals surface area contributed by atoms with Crippen molar-refractivity contribution in [2.75, 3.05) is 30.8 Å². The molecule has 2 N–H and O–H groups in total. The number of benzene rings is 1. The average Bonchev–Trinajstić information content (AvgIpc) is 3.03. The molecule has 0 atom stereocenters. The van der Waals surface area contributed by atoms with Crippen LogP contribution in [0.4, 0.5) is 21.8 Å². The monoisotopic (exact) mass is 408 g/mol. The van der Waals surface area contributed by atoms with E-state index in [0.717, 1.165) is 44.7 Å². The fourth-order valence-electron chi connectivity index (χ4n) is 4.89. The second kappa shape index (κ2) is 7.05. The first-order chi connectivity index (χ1) is 14.4. The van der Waals surface area contributed by atoms with Crippen LogP contribution in [0.25, 0.3) is 0 Å². The standard InChI is InChI=1S/C22H25FN6O/c1-3-19(30)29-12-22(13-29)7-17(8-22)25-20-18(23)9-24-21(27-20)26-16-5-4-14-10-28(2)11-15(14)6-16/h3-6,9,17H,1,7-8,10-13H2,2H3,(H2,24,25,26,27). The van der Waals surface area contributed by atoms with Gasteiger partial charge in [-0.1, -0.05) is 12.6 Å². The summed E-state index contributed by atoms with van der Waals surface area (Å²) >= 11 is 0. The van der Waals surface area contributed by atoms with Gasteiger partial charge in [-0.05, 0) is 49.2 Å². The maximum absolute atomic E-state index is 14.3. The van der Waals surface area contributed by atoms with Crippen LogP contribution in [0, 0.1) is 11.2 Å². The van der Waals surface area contributed by atoms with Gasteiger partial charge in [0.2, 0.25) is 11.9 Å². The van der Waals surface area contributed by atoms with Crippen LogP contribution in [-0.4, -0.2) is 51.9 Å². The summed E-state index contributed by atoms with van der Waals surface area (Å²) in [6.07, 6.45) is 4.35. The minimum atomic E-state index is -0.464. The van der Waals surface area contributed by atoms with Crippen molar-refractivity contribution in [2.45, 2.75) is 32.0 Å². The zero-order valence-electron chi connectivity index (χ0n) is 17.0. The number of fused-ring (bicyclic) bond motifs is 1. The van der Waals surface area contributed by atoms with E-state index >= 15 is 0 Å². The first-order valence-electron chi connectivity index (χ1n) is 10.2. The van der Waals surface area contributed by atoms with Gasteiger partial charge in [0.1, 0.15) is 0 Å². The van der Waals surface area contributed by atoms with Crippen molar-refractivity contribution in [2.24, 2.45) is 5.41 Å². The molecule has 1 saturated heterocycles. The molecule has 1 spiro atoms. The van der Waals surface area contributed by atoms with Gasteiger partial charge in [0.05, 0.1) is 6.20 Å². The van der Waals surface area contributed by atoms with E-state index in [9.17, 15) is 9.18 Å². The van der Waals surface area contributed by atoms with Crippen molar-refractivity contribution < 1.29 is 9.18 Å². The van der Waals surface area contributed by atoms with Crippen molar-refractivity contribution in [3.8, 4) is 0 Å². The predicted molar refractivity (Wildman–Crippen MR) is 113 cm³/mol. The molecule has 7 nitrogen and oxygen atoms in total. The van der Waals surface area contributed by atoms with Crippen LogP contribution in [0.15, 0.2) is 37.1 Å². The fraction of sp³-hybridized carbons (Fsp3) is 0.409. The molecule has 3 heterocycles. The van der Waals surface area contributed by atoms with Crippen molar-refractivity contribution in [1.82, 2.24) is 19.8 Å². The van der Waals surface area contributed by atoms with Gasteiger partial charge < -0.3 is 15.5 Å². The number of hydrogen-bond acceptors (Lipinski definition) is 6. The summed E-state index contributed by atoms with van der Waals surface area (Å²) in [5, 5.41) is 6.39. The van der Waals surface area contributed by atoms with Gasteiger partial charge in [0.15, 0.2) is 11.6 Å². The van der Waals surface area contributed by atoms with Crippen LogP contribution < -0.4 is 10.6 Å². The molecule has 1 saturated carbocycles. The number of amides is 1. The molecular formula is C22H25FN6O. The van der Waals surface area contributed by atoms with Gasteiger partial charge in [-0.15, -0.1) is 0 Å². The molecular weight excluding hydrogens is 383 g/mol. The Bertz CT molecular complexity index is 1010. The lowest BCUT2D eigenvalue weighted by Gasteiger charge is -2.59. The summed E-state index contributed by atoms with van der Waals surface area (Å²) in [5.41, 5.74) is 3.67. The number of nitrogens with one attached hydrogen (secondary N) is 2. The lowest BCUT2D eigenvalue weighted by Crippen LogP contribution is -2.65. The largest absolute Gasteiger partial charge is 0.365 e. The van der Waals surface area contributed by atoms with E-state index in [-0.39, 0.29) is 23.2 Å². The Morgan fingerprint density at radius 1 is 1.30 bits per heavy atom. The molecule has 0 unspecified atom stereocenters. The third kappa shape index (κ3) is 3.41. The molecule has 1 aliphatic carbocycles. The summed E-state index contributed by atoms with van der Waals surface area (Å²) in [6.45, 7) is 6.91. The van der Waals surface area contributed by atoms with E-state index in [1.807, 2.05) is 6.07 Å². The highest BCUT2D eigenvalue weighted by Gasteiger charge is 2.53. The molecule has 5 rings (SSSR count). The highest BCUT2D eigenvalue weighted by Crippen LogP contribution is 2.49. The van der Waals surface area contributed by atoms with Crippen molar-refractivity contribution >= 4 is 23.4 Å². The molecule has 1 amide bonds. The Morgan fingerprint density at radius 3 is 2.83 bits per heavy atom. The normalized spacial score (nSPS) is 19.7. The number of likely N-dealkylation sites (tertiary alicyclic amines) is 1. The molecule has 3 aliphatic rings. The average molecular weight is 408 g/mol. The van der Waals surface area contributed by atoms with Crippen LogP contribution in [0.3, 0.4) is 0 Å². The smallest absolute Gasteiger partial charge is 0.245 e. The minimum Gasteiger partial charge on any atom is -0.365 e. The topological polar surface area (TPSA) is 73.4 Å². The van der Waals surface area contributed by atoms with Crippen LogP contribution in [0.1, 0.15) is 24.0 Å². The van der Waals surface area contributed by atoms with Gasteiger partial charge >= 0.3 is 0 Å². The molecule has 2 aromatic rings. The van der Waals surface area contributed by atoms with Crippen molar-refractivity contribution in [3.05, 3.63) is 54.0 Å². The Kier molecular flexibility index (Phi) is 4.47. The molecule has 0 bridgehead atoms. The third-order valence-corrected chi connectivity index (χ3v) is 6.33. The van der Waals surface area contributed by atoms with Crippen LogP contribution in [0.2, 0.25) is 0 Å². The van der Waals surface area contributed by atoms with E-state index in [0.29, 0.717) is 5.95 Å². The van der Waals surface area contributed by atoms with Crippen molar-refractivity contribution in [1.29, 1.82) is 0 Å². The fourth-order valence-corrected chi connectivity index (χ4v) is 4.89. The molecule has 156 valence electrons. The Labute approximate surface area is 175 Å². The third-order valence-electron chi connectivity index (χ3n) is 6.33. The molecule has 0 radical (unpaired) electrons. The highest BCUT2D eigenvalue weighted by atomic mass is 19.1. The highest BCUT2D eigenvalue weighted by molar-refractivity contribution is 5.87. The summed E-state index contributed by atoms with van der Waals surface area (Å²) in [4.78, 5) is 24.1. The van der Waals surface area contributed by atoms with E-state index in [2.05, 4.69) is 51.3 Å². The van der Waals surface area contributed by atoms with Crippen molar-refractivity contribution in [3.63, 3.8) is 0 Å². The Balaban J connectivity index is 1.21. The quantitative estimate of drug-likeness (QED) is 0.742. The van der Waals surface area contributed by atoms with Gasteiger partial charge in [-0.2, -0.15) is 4.98 Å². The van der Waals surface area contributed by atoms with Crippen LogP contribution in [-0.2, 0) is 17.9 Å². The SMILES string of the molecule is C=CC(=O)N1CC2(CC(Nc3nc(Nc4ccc5c(c4)CN(C)C5)ncc3F)C2)C1. The lowest BCUT2D eigenvalue weighted by molar-refractivity contribution is -0.144. The zero-order valence-corrected chi connectivity index (χ0v) is 17.0. The first kappa shape index (κ1) is 19.0. The minimum absolute atomic E-state index is 0.0206. The van der Waals surface area contributed by atoms with E-state index < -0.39 is 5.82 Å². The number of nitrogens with zero attached hydrogens (tertiary/aromatic N) is 4. The van der Waals surface area contributed by atoms with E-state index in [4.69, 9.17) is 0 Å². The predicted octanol–water partition coefficient (Wildman–Crippen LogP) is 2.89. The maximum Gasteiger partial charge on any atom is 0.245 e. The molecule has 1 aromatic heterocycles. The number of hydrogen-bond donors (Lipinski definition) is 2. The van der Waals surface area contributed by atoms with Crippen LogP contribution in [0.5, 0.6) is 0 Å². The van der Waals surface area contributed by atoms with Gasteiger partial charge in [-0.3, -0.25) is 9.69 Å². The number of carbonyl (C=O) groups is 1. The van der Waals surface area contributed by atoms with Gasteiger partial charge in [0.25, 0.3) is 0 Å². The molecule has 30 heavy (non-hydrogen) atoms. The molecule has 2 aliphatic heterocycles. The lowest BCUT2D eigenvalue weighted by atomic mass is 9.60. The Hall–Kier alpha value is -3.00. The number of carbonyl (C=O) groups excluding carboxylic acids is 1. The molecule has 8 heteroatoms. The van der Waals surface area contributed by atoms with E-state index in [1.165, 1.54) is 23.4 Å². The van der Waals surface area contributed by atoms with E-state index in [1.54, 1.807) is 4.90 Å². The number of halogens is 1. The number of rotatable bonds is 5. The summed E-state index contributed by atoms with van der Waals surface area (Å²) in [6, 6.07) is 6.36.